The lowest BCUT2D eigenvalue weighted by Crippen LogP contribution is -2.10. The van der Waals surface area contributed by atoms with Crippen LogP contribution in [0.1, 0.15) is 15.9 Å². The number of benzene rings is 1. The summed E-state index contributed by atoms with van der Waals surface area (Å²) in [7, 11) is 0. The van der Waals surface area contributed by atoms with E-state index in [0.717, 1.165) is 6.07 Å². The summed E-state index contributed by atoms with van der Waals surface area (Å²) in [6, 6.07) is 2.41. The van der Waals surface area contributed by atoms with Crippen molar-refractivity contribution < 1.29 is 23.4 Å². The first-order valence-electron chi connectivity index (χ1n) is 4.02. The molecule has 0 atom stereocenters. The van der Waals surface area contributed by atoms with Crippen molar-refractivity contribution in [2.75, 3.05) is 0 Å². The van der Waals surface area contributed by atoms with Gasteiger partial charge in [0.2, 0.25) is 0 Å². The van der Waals surface area contributed by atoms with Crippen molar-refractivity contribution in [1.29, 1.82) is 0 Å². The second-order valence-electron chi connectivity index (χ2n) is 2.72. The Balaban J connectivity index is 3.33. The molecule has 0 aliphatic carbocycles. The van der Waals surface area contributed by atoms with Gasteiger partial charge in [0.05, 0.1) is 0 Å². The first-order chi connectivity index (χ1) is 7.47. The molecule has 0 heterocycles. The predicted molar refractivity (Wildman–Crippen MR) is 57.7 cm³/mol. The minimum atomic E-state index is -3.08. The molecule has 1 aromatic carbocycles. The molecule has 16 heavy (non-hydrogen) atoms. The zero-order valence-corrected chi connectivity index (χ0v) is 10.1. The van der Waals surface area contributed by atoms with Gasteiger partial charge in [0, 0.05) is 10.4 Å². The number of hydrogen-bond acceptors (Lipinski definition) is 2. The van der Waals surface area contributed by atoms with Crippen molar-refractivity contribution in [3.8, 4) is 5.75 Å². The largest absolute Gasteiger partial charge is 0.478 e. The molecule has 0 unspecified atom stereocenters. The minimum Gasteiger partial charge on any atom is -0.478 e. The smallest absolute Gasteiger partial charge is 0.387 e. The third-order valence-corrected chi connectivity index (χ3v) is 2.70. The van der Waals surface area contributed by atoms with E-state index in [9.17, 15) is 13.6 Å². The van der Waals surface area contributed by atoms with Gasteiger partial charge in [0.1, 0.15) is 11.3 Å². The summed E-state index contributed by atoms with van der Waals surface area (Å²) in [6.07, 6.45) is 0. The molecule has 7 heteroatoms. The second kappa shape index (κ2) is 5.45. The van der Waals surface area contributed by atoms with E-state index < -0.39 is 18.3 Å². The molecule has 1 rings (SSSR count). The number of alkyl halides is 3. The Morgan fingerprint density at radius 2 is 2.19 bits per heavy atom. The van der Waals surface area contributed by atoms with Crippen LogP contribution in [0.15, 0.2) is 12.1 Å². The fourth-order valence-corrected chi connectivity index (χ4v) is 2.13. The van der Waals surface area contributed by atoms with Crippen molar-refractivity contribution in [3.63, 3.8) is 0 Å². The molecule has 3 nitrogen and oxygen atoms in total. The molecule has 1 N–H and O–H groups in total. The second-order valence-corrected chi connectivity index (χ2v) is 3.68. The maximum Gasteiger partial charge on any atom is 0.387 e. The molecule has 0 aliphatic rings. The lowest BCUT2D eigenvalue weighted by molar-refractivity contribution is -0.0503. The maximum absolute atomic E-state index is 12.0. The SMILES string of the molecule is O=C(O)c1c(OC(F)F)ccc(Cl)c1CBr. The standard InChI is InChI=1S/C9H6BrClF2O3/c10-3-4-5(11)1-2-6(16-9(12)13)7(4)8(14)15/h1-2,9H,3H2,(H,14,15). The Bertz CT molecular complexity index is 412. The highest BCUT2D eigenvalue weighted by molar-refractivity contribution is 9.08. The molecule has 0 bridgehead atoms. The first kappa shape index (κ1) is 13.2. The predicted octanol–water partition coefficient (Wildman–Crippen LogP) is 3.53. The van der Waals surface area contributed by atoms with Crippen LogP contribution in [0.3, 0.4) is 0 Å². The highest BCUT2D eigenvalue weighted by Gasteiger charge is 2.21. The van der Waals surface area contributed by atoms with Crippen molar-refractivity contribution in [3.05, 3.63) is 28.3 Å². The van der Waals surface area contributed by atoms with Crippen molar-refractivity contribution in [1.82, 2.24) is 0 Å². The van der Waals surface area contributed by atoms with Crippen molar-refractivity contribution >= 4 is 33.5 Å². The summed E-state index contributed by atoms with van der Waals surface area (Å²) in [5.41, 5.74) is -0.156. The van der Waals surface area contributed by atoms with E-state index >= 15 is 0 Å². The molecule has 1 aromatic rings. The molecule has 0 fully saturated rings. The van der Waals surface area contributed by atoms with Crippen LogP contribution in [0.5, 0.6) is 5.75 Å². The average Bonchev–Trinajstić information content (AvgIpc) is 2.18. The van der Waals surface area contributed by atoms with Crippen LogP contribution >= 0.6 is 27.5 Å². The maximum atomic E-state index is 12.0. The summed E-state index contributed by atoms with van der Waals surface area (Å²) < 4.78 is 28.2. The molecule has 0 aromatic heterocycles. The van der Waals surface area contributed by atoms with Gasteiger partial charge < -0.3 is 9.84 Å². The topological polar surface area (TPSA) is 46.5 Å². The van der Waals surface area contributed by atoms with Crippen molar-refractivity contribution in [2.24, 2.45) is 0 Å². The number of carboxylic acid groups (broad SMARTS) is 1. The number of carbonyl (C=O) groups is 1. The van der Waals surface area contributed by atoms with E-state index in [1.54, 1.807) is 0 Å². The fraction of sp³-hybridized carbons (Fsp3) is 0.222. The molecule has 0 saturated heterocycles. The molecular weight excluding hydrogens is 309 g/mol. The number of hydrogen-bond donors (Lipinski definition) is 1. The number of halogens is 4. The van der Waals surface area contributed by atoms with Gasteiger partial charge in [-0.25, -0.2) is 4.79 Å². The minimum absolute atomic E-state index is 0.133. The van der Waals surface area contributed by atoms with Gasteiger partial charge >= 0.3 is 12.6 Å². The van der Waals surface area contributed by atoms with E-state index in [4.69, 9.17) is 16.7 Å². The summed E-state index contributed by atoms with van der Waals surface area (Å²) >= 11 is 8.78. The van der Waals surface area contributed by atoms with Crippen LogP contribution in [0, 0.1) is 0 Å². The van der Waals surface area contributed by atoms with Crippen LogP contribution in [0.4, 0.5) is 8.78 Å². The lowest BCUT2D eigenvalue weighted by atomic mass is 10.1. The monoisotopic (exact) mass is 314 g/mol. The van der Waals surface area contributed by atoms with E-state index in [1.165, 1.54) is 6.07 Å². The zero-order valence-electron chi connectivity index (χ0n) is 7.71. The molecule has 88 valence electrons. The molecule has 0 radical (unpaired) electrons. The fourth-order valence-electron chi connectivity index (χ4n) is 1.16. The van der Waals surface area contributed by atoms with Gasteiger partial charge in [0.25, 0.3) is 0 Å². The third kappa shape index (κ3) is 2.82. The summed E-state index contributed by atoms with van der Waals surface area (Å²) in [4.78, 5) is 10.9. The summed E-state index contributed by atoms with van der Waals surface area (Å²) in [6.45, 7) is -3.08. The van der Waals surface area contributed by atoms with E-state index in [0.29, 0.717) is 0 Å². The number of rotatable bonds is 4. The van der Waals surface area contributed by atoms with Gasteiger partial charge in [-0.3, -0.25) is 0 Å². The summed E-state index contributed by atoms with van der Waals surface area (Å²) in [5, 5.41) is 9.22. The van der Waals surface area contributed by atoms with Crippen molar-refractivity contribution in [2.45, 2.75) is 11.9 Å². The molecular formula is C9H6BrClF2O3. The Morgan fingerprint density at radius 3 is 2.62 bits per heavy atom. The van der Waals surface area contributed by atoms with Crippen LogP contribution in [-0.2, 0) is 5.33 Å². The normalized spacial score (nSPS) is 10.6. The number of ether oxygens (including phenoxy) is 1. The lowest BCUT2D eigenvalue weighted by Gasteiger charge is -2.12. The molecule has 0 amide bonds. The Morgan fingerprint density at radius 1 is 1.56 bits per heavy atom. The van der Waals surface area contributed by atoms with Crippen LogP contribution in [0.2, 0.25) is 5.02 Å². The Kier molecular flexibility index (Phi) is 4.49. The van der Waals surface area contributed by atoms with Gasteiger partial charge in [0.15, 0.2) is 0 Å². The number of aromatic carboxylic acids is 1. The van der Waals surface area contributed by atoms with Gasteiger partial charge in [-0.2, -0.15) is 8.78 Å². The molecule has 0 saturated carbocycles. The highest BCUT2D eigenvalue weighted by atomic mass is 79.9. The van der Waals surface area contributed by atoms with E-state index in [2.05, 4.69) is 20.7 Å². The van der Waals surface area contributed by atoms with Crippen LogP contribution in [0.25, 0.3) is 0 Å². The first-order valence-corrected chi connectivity index (χ1v) is 5.52. The zero-order chi connectivity index (χ0) is 12.3. The van der Waals surface area contributed by atoms with Gasteiger partial charge in [-0.1, -0.05) is 27.5 Å². The quantitative estimate of drug-likeness (QED) is 0.865. The van der Waals surface area contributed by atoms with E-state index in [1.807, 2.05) is 0 Å². The van der Waals surface area contributed by atoms with Gasteiger partial charge in [-0.05, 0) is 17.7 Å². The van der Waals surface area contributed by atoms with Gasteiger partial charge in [-0.15, -0.1) is 0 Å². The molecule has 0 spiro atoms. The summed E-state index contributed by atoms with van der Waals surface area (Å²) in [5.74, 6) is -1.77. The third-order valence-electron chi connectivity index (χ3n) is 1.78. The Hall–Kier alpha value is -0.880. The Labute approximate surface area is 103 Å². The van der Waals surface area contributed by atoms with Crippen LogP contribution < -0.4 is 4.74 Å². The average molecular weight is 315 g/mol. The van der Waals surface area contributed by atoms with E-state index in [-0.39, 0.29) is 21.5 Å². The highest BCUT2D eigenvalue weighted by Crippen LogP contribution is 2.31. The van der Waals surface area contributed by atoms with Crippen LogP contribution in [-0.4, -0.2) is 17.7 Å². The number of carboxylic acids is 1. The molecule has 0 aliphatic heterocycles.